The second-order valence-corrected chi connectivity index (χ2v) is 6.14. The van der Waals surface area contributed by atoms with Crippen molar-refractivity contribution in [3.63, 3.8) is 0 Å². The van der Waals surface area contributed by atoms with Gasteiger partial charge < -0.3 is 16.0 Å². The lowest BCUT2D eigenvalue weighted by Crippen LogP contribution is -2.45. The van der Waals surface area contributed by atoms with Gasteiger partial charge in [0.25, 0.3) is 0 Å². The largest absolute Gasteiger partial charge is 0.380 e. The number of guanidine groups is 1. The third-order valence-electron chi connectivity index (χ3n) is 3.90. The summed E-state index contributed by atoms with van der Waals surface area (Å²) in [7, 11) is 1.83. The van der Waals surface area contributed by atoms with Gasteiger partial charge in [-0.05, 0) is 36.8 Å². The van der Waals surface area contributed by atoms with Crippen molar-refractivity contribution in [2.45, 2.75) is 32.7 Å². The zero-order valence-corrected chi connectivity index (χ0v) is 13.4. The lowest BCUT2D eigenvalue weighted by Gasteiger charge is -2.25. The minimum absolute atomic E-state index is 0.367. The van der Waals surface area contributed by atoms with Gasteiger partial charge >= 0.3 is 0 Å². The van der Waals surface area contributed by atoms with Gasteiger partial charge in [-0.25, -0.2) is 0 Å². The van der Waals surface area contributed by atoms with Gasteiger partial charge in [0.15, 0.2) is 5.96 Å². The predicted octanol–water partition coefficient (Wildman–Crippen LogP) is 2.70. The van der Waals surface area contributed by atoms with E-state index in [4.69, 9.17) is 0 Å². The van der Waals surface area contributed by atoms with Crippen molar-refractivity contribution in [3.8, 4) is 0 Å². The number of nitrogens with one attached hydrogen (secondary N) is 3. The number of anilines is 1. The molecule has 2 rings (SSSR count). The van der Waals surface area contributed by atoms with Gasteiger partial charge in [-0.1, -0.05) is 32.0 Å². The van der Waals surface area contributed by atoms with Crippen LogP contribution < -0.4 is 16.0 Å². The normalized spacial score (nSPS) is 16.7. The number of para-hydroxylation sites is 1. The van der Waals surface area contributed by atoms with Crippen molar-refractivity contribution in [2.24, 2.45) is 16.8 Å². The van der Waals surface area contributed by atoms with Crippen molar-refractivity contribution in [3.05, 3.63) is 30.3 Å². The molecule has 21 heavy (non-hydrogen) atoms. The van der Waals surface area contributed by atoms with E-state index in [0.717, 1.165) is 25.0 Å². The van der Waals surface area contributed by atoms with E-state index in [1.165, 1.54) is 18.5 Å². The summed E-state index contributed by atoms with van der Waals surface area (Å²) in [6, 6.07) is 10.7. The first-order chi connectivity index (χ1) is 10.2. The molecule has 1 aromatic rings. The molecule has 1 aliphatic rings. The third-order valence-corrected chi connectivity index (χ3v) is 3.90. The lowest BCUT2D eigenvalue weighted by molar-refractivity contribution is 0.512. The zero-order valence-electron chi connectivity index (χ0n) is 13.4. The quantitative estimate of drug-likeness (QED) is 0.534. The Morgan fingerprint density at radius 2 is 1.90 bits per heavy atom. The molecular formula is C17H28N4. The Bertz CT molecular complexity index is 437. The fourth-order valence-electron chi connectivity index (χ4n) is 2.19. The Morgan fingerprint density at radius 3 is 2.48 bits per heavy atom. The highest BCUT2D eigenvalue weighted by Gasteiger charge is 2.21. The van der Waals surface area contributed by atoms with Gasteiger partial charge in [0.2, 0.25) is 0 Å². The van der Waals surface area contributed by atoms with Crippen LogP contribution in [0.4, 0.5) is 5.69 Å². The summed E-state index contributed by atoms with van der Waals surface area (Å²) >= 11 is 0. The second-order valence-electron chi connectivity index (χ2n) is 6.14. The van der Waals surface area contributed by atoms with Crippen LogP contribution in [-0.2, 0) is 0 Å². The molecule has 3 N–H and O–H groups in total. The molecule has 0 spiro atoms. The fourth-order valence-corrected chi connectivity index (χ4v) is 2.19. The van der Waals surface area contributed by atoms with E-state index >= 15 is 0 Å². The summed E-state index contributed by atoms with van der Waals surface area (Å²) in [5.74, 6) is 2.30. The van der Waals surface area contributed by atoms with Crippen LogP contribution in [0.2, 0.25) is 0 Å². The van der Waals surface area contributed by atoms with Gasteiger partial charge in [0.1, 0.15) is 0 Å². The first-order valence-electron chi connectivity index (χ1n) is 7.95. The minimum atomic E-state index is 0.367. The SMILES string of the molecule is CN=C(NCC1CC1)NCC(Nc1ccccc1)C(C)C. The van der Waals surface area contributed by atoms with Crippen molar-refractivity contribution in [2.75, 3.05) is 25.5 Å². The maximum atomic E-state index is 4.29. The van der Waals surface area contributed by atoms with Crippen molar-refractivity contribution in [1.29, 1.82) is 0 Å². The molecule has 0 saturated heterocycles. The average molecular weight is 288 g/mol. The van der Waals surface area contributed by atoms with Crippen LogP contribution in [0.5, 0.6) is 0 Å². The molecule has 1 fully saturated rings. The maximum Gasteiger partial charge on any atom is 0.191 e. The third kappa shape index (κ3) is 5.66. The Morgan fingerprint density at radius 1 is 1.19 bits per heavy atom. The molecule has 0 bridgehead atoms. The van der Waals surface area contributed by atoms with Crippen LogP contribution in [0.1, 0.15) is 26.7 Å². The summed E-state index contributed by atoms with van der Waals surface area (Å²) in [5, 5.41) is 10.4. The maximum absolute atomic E-state index is 4.29. The molecule has 0 aromatic heterocycles. The second kappa shape index (κ2) is 7.91. The molecule has 1 aliphatic carbocycles. The van der Waals surface area contributed by atoms with Gasteiger partial charge in [-0.2, -0.15) is 0 Å². The highest BCUT2D eigenvalue weighted by Crippen LogP contribution is 2.27. The monoisotopic (exact) mass is 288 g/mol. The Kier molecular flexibility index (Phi) is 5.90. The Balaban J connectivity index is 1.81. The predicted molar refractivity (Wildman–Crippen MR) is 90.8 cm³/mol. The van der Waals surface area contributed by atoms with E-state index in [0.29, 0.717) is 12.0 Å². The van der Waals surface area contributed by atoms with Gasteiger partial charge in [-0.15, -0.1) is 0 Å². The van der Waals surface area contributed by atoms with Crippen LogP contribution in [0, 0.1) is 11.8 Å². The standard InChI is InChI=1S/C17H28N4/c1-13(2)16(21-15-7-5-4-6-8-15)12-20-17(18-3)19-11-14-9-10-14/h4-8,13-14,16,21H,9-12H2,1-3H3,(H2,18,19,20). The Labute approximate surface area is 128 Å². The number of hydrogen-bond donors (Lipinski definition) is 3. The van der Waals surface area contributed by atoms with Crippen LogP contribution in [-0.4, -0.2) is 32.1 Å². The van der Waals surface area contributed by atoms with Crippen LogP contribution in [0.15, 0.2) is 35.3 Å². The zero-order chi connectivity index (χ0) is 15.1. The van der Waals surface area contributed by atoms with Gasteiger partial charge in [-0.3, -0.25) is 4.99 Å². The van der Waals surface area contributed by atoms with Crippen molar-refractivity contribution >= 4 is 11.6 Å². The molecule has 4 heteroatoms. The van der Waals surface area contributed by atoms with Crippen LogP contribution in [0.3, 0.4) is 0 Å². The number of nitrogens with zero attached hydrogens (tertiary/aromatic N) is 1. The highest BCUT2D eigenvalue weighted by molar-refractivity contribution is 5.79. The van der Waals surface area contributed by atoms with Gasteiger partial charge in [0.05, 0.1) is 0 Å². The van der Waals surface area contributed by atoms with E-state index in [9.17, 15) is 0 Å². The van der Waals surface area contributed by atoms with E-state index in [1.54, 1.807) is 0 Å². The summed E-state index contributed by atoms with van der Waals surface area (Å²) in [5.41, 5.74) is 1.17. The van der Waals surface area contributed by atoms with Crippen molar-refractivity contribution < 1.29 is 0 Å². The molecule has 4 nitrogen and oxygen atoms in total. The van der Waals surface area contributed by atoms with Crippen molar-refractivity contribution in [1.82, 2.24) is 10.6 Å². The lowest BCUT2D eigenvalue weighted by atomic mass is 10.0. The summed E-state index contributed by atoms with van der Waals surface area (Å²) < 4.78 is 0. The summed E-state index contributed by atoms with van der Waals surface area (Å²) in [6.07, 6.45) is 2.71. The molecule has 1 saturated carbocycles. The van der Waals surface area contributed by atoms with Crippen LogP contribution >= 0.6 is 0 Å². The fraction of sp³-hybridized carbons (Fsp3) is 0.588. The molecule has 1 aromatic carbocycles. The molecule has 0 radical (unpaired) electrons. The first kappa shape index (κ1) is 15.7. The molecule has 0 aliphatic heterocycles. The molecule has 116 valence electrons. The van der Waals surface area contributed by atoms with E-state index < -0.39 is 0 Å². The smallest absolute Gasteiger partial charge is 0.191 e. The van der Waals surface area contributed by atoms with E-state index in [-0.39, 0.29) is 0 Å². The van der Waals surface area contributed by atoms with E-state index in [2.05, 4.69) is 59.1 Å². The average Bonchev–Trinajstić information content (AvgIpc) is 3.31. The topological polar surface area (TPSA) is 48.5 Å². The molecular weight excluding hydrogens is 260 g/mol. The summed E-state index contributed by atoms with van der Waals surface area (Å²) in [4.78, 5) is 4.29. The minimum Gasteiger partial charge on any atom is -0.380 e. The van der Waals surface area contributed by atoms with Crippen LogP contribution in [0.25, 0.3) is 0 Å². The molecule has 0 heterocycles. The molecule has 1 unspecified atom stereocenters. The van der Waals surface area contributed by atoms with E-state index in [1.807, 2.05) is 13.1 Å². The highest BCUT2D eigenvalue weighted by atomic mass is 15.2. The number of aliphatic imine (C=N–C) groups is 1. The number of rotatable bonds is 7. The number of benzene rings is 1. The summed E-state index contributed by atoms with van der Waals surface area (Å²) in [6.45, 7) is 6.38. The number of hydrogen-bond acceptors (Lipinski definition) is 2. The molecule has 0 amide bonds. The van der Waals surface area contributed by atoms with Gasteiger partial charge in [0, 0.05) is 31.9 Å². The first-order valence-corrected chi connectivity index (χ1v) is 7.95. The Hall–Kier alpha value is -1.71. The molecule has 1 atom stereocenters.